The number of hydrogen-bond donors (Lipinski definition) is 0. The SMILES string of the molecule is CCCCCCCC(=O)N(C)[C@@H](COP(=O)(OC[C@@H](c1ccccc1)N(C)C(=O)CCCCCCC)OC[C@@H](c1ccccc1)N(C)C(=O)CCCCCCC)c1ccccc1. The van der Waals surface area contributed by atoms with Crippen LogP contribution >= 0.6 is 7.82 Å². The van der Waals surface area contributed by atoms with Crippen molar-refractivity contribution < 1.29 is 32.5 Å². The Morgan fingerprint density at radius 3 is 0.903 bits per heavy atom. The molecule has 0 N–H and O–H groups in total. The summed E-state index contributed by atoms with van der Waals surface area (Å²) in [5.41, 5.74) is 2.45. The molecule has 0 bridgehead atoms. The van der Waals surface area contributed by atoms with E-state index in [1.165, 1.54) is 0 Å². The molecule has 11 heteroatoms. The van der Waals surface area contributed by atoms with Crippen molar-refractivity contribution in [3.05, 3.63) is 108 Å². The fourth-order valence-electron chi connectivity index (χ4n) is 7.61. The lowest BCUT2D eigenvalue weighted by atomic mass is 10.1. The minimum absolute atomic E-state index is 0.0337. The van der Waals surface area contributed by atoms with Gasteiger partial charge < -0.3 is 14.7 Å². The molecule has 344 valence electrons. The molecular weight excluding hydrogens is 798 g/mol. The molecule has 0 fully saturated rings. The van der Waals surface area contributed by atoms with Crippen LogP contribution in [-0.2, 0) is 32.5 Å². The summed E-state index contributed by atoms with van der Waals surface area (Å²) in [5, 5.41) is 0. The fourth-order valence-corrected chi connectivity index (χ4v) is 8.80. The number of phosphoric acid groups is 1. The van der Waals surface area contributed by atoms with E-state index in [9.17, 15) is 14.4 Å². The van der Waals surface area contributed by atoms with Crippen LogP contribution in [0, 0.1) is 0 Å². The van der Waals surface area contributed by atoms with E-state index in [0.29, 0.717) is 19.3 Å². The summed E-state index contributed by atoms with van der Waals surface area (Å²) in [4.78, 5) is 46.0. The maximum atomic E-state index is 15.2. The van der Waals surface area contributed by atoms with Crippen LogP contribution in [0.1, 0.15) is 171 Å². The van der Waals surface area contributed by atoms with E-state index in [0.717, 1.165) is 113 Å². The van der Waals surface area contributed by atoms with Gasteiger partial charge in [0.15, 0.2) is 0 Å². The zero-order valence-electron chi connectivity index (χ0n) is 38.9. The third-order valence-electron chi connectivity index (χ3n) is 11.8. The van der Waals surface area contributed by atoms with E-state index < -0.39 is 25.9 Å². The van der Waals surface area contributed by atoms with E-state index in [2.05, 4.69) is 20.8 Å². The summed E-state index contributed by atoms with van der Waals surface area (Å²) in [5.74, 6) is -0.101. The van der Waals surface area contributed by atoms with Gasteiger partial charge in [0.1, 0.15) is 0 Å². The van der Waals surface area contributed by atoms with Crippen LogP contribution < -0.4 is 0 Å². The van der Waals surface area contributed by atoms with Gasteiger partial charge in [-0.3, -0.25) is 28.0 Å². The summed E-state index contributed by atoms with van der Waals surface area (Å²) in [6.07, 6.45) is 16.5. The van der Waals surface area contributed by atoms with Crippen molar-refractivity contribution >= 4 is 25.5 Å². The molecule has 0 aliphatic carbocycles. The van der Waals surface area contributed by atoms with Crippen LogP contribution in [0.2, 0.25) is 0 Å². The number of likely N-dealkylation sites (N-methyl/N-ethyl adjacent to an activating group) is 3. The predicted octanol–water partition coefficient (Wildman–Crippen LogP) is 12.8. The van der Waals surface area contributed by atoms with Gasteiger partial charge in [-0.05, 0) is 36.0 Å². The molecule has 3 rings (SSSR count). The van der Waals surface area contributed by atoms with E-state index in [1.54, 1.807) is 35.8 Å². The number of carbonyl (C=O) groups is 3. The molecule has 0 unspecified atom stereocenters. The Bertz CT molecular complexity index is 1520. The number of unbranched alkanes of at least 4 members (excludes halogenated alkanes) is 12. The highest BCUT2D eigenvalue weighted by Crippen LogP contribution is 2.52. The lowest BCUT2D eigenvalue weighted by Gasteiger charge is -2.33. The quantitative estimate of drug-likeness (QED) is 0.0443. The normalized spacial score (nSPS) is 13.0. The number of carbonyl (C=O) groups excluding carboxylic acids is 3. The molecule has 0 aliphatic rings. The monoisotopic (exact) mass is 876 g/mol. The van der Waals surface area contributed by atoms with Crippen molar-refractivity contribution in [1.29, 1.82) is 0 Å². The molecule has 0 aliphatic heterocycles. The average molecular weight is 876 g/mol. The predicted molar refractivity (Wildman–Crippen MR) is 251 cm³/mol. The largest absolute Gasteiger partial charge is 0.475 e. The van der Waals surface area contributed by atoms with Gasteiger partial charge in [0.25, 0.3) is 0 Å². The maximum Gasteiger partial charge on any atom is 0.475 e. The minimum atomic E-state index is -4.47. The molecule has 0 saturated carbocycles. The van der Waals surface area contributed by atoms with Crippen molar-refractivity contribution in [2.24, 2.45) is 0 Å². The van der Waals surface area contributed by atoms with E-state index in [-0.39, 0.29) is 37.5 Å². The van der Waals surface area contributed by atoms with Gasteiger partial charge in [-0.25, -0.2) is 4.57 Å². The highest BCUT2D eigenvalue weighted by Gasteiger charge is 2.36. The van der Waals surface area contributed by atoms with Crippen LogP contribution in [0.25, 0.3) is 0 Å². The summed E-state index contributed by atoms with van der Waals surface area (Å²) in [6, 6.07) is 26.9. The summed E-state index contributed by atoms with van der Waals surface area (Å²) >= 11 is 0. The summed E-state index contributed by atoms with van der Waals surface area (Å²) in [7, 11) is 0.796. The molecule has 3 aromatic rings. The molecule has 0 radical (unpaired) electrons. The third kappa shape index (κ3) is 18.9. The molecule has 3 amide bonds. The first-order chi connectivity index (χ1) is 30.0. The molecule has 0 spiro atoms. The maximum absolute atomic E-state index is 15.2. The molecular formula is C51H78N3O7P. The van der Waals surface area contributed by atoms with Crippen molar-refractivity contribution in [2.45, 2.75) is 154 Å². The molecule has 10 nitrogen and oxygen atoms in total. The van der Waals surface area contributed by atoms with Crippen molar-refractivity contribution in [2.75, 3.05) is 41.0 Å². The fraction of sp³-hybridized carbons (Fsp3) is 0.588. The number of hydrogen-bond acceptors (Lipinski definition) is 7. The average Bonchev–Trinajstić information content (AvgIpc) is 3.29. The van der Waals surface area contributed by atoms with Crippen LogP contribution in [0.15, 0.2) is 91.0 Å². The molecule has 3 aromatic carbocycles. The van der Waals surface area contributed by atoms with E-state index in [4.69, 9.17) is 13.6 Å². The standard InChI is InChI=1S/C51H78N3O7P/c1-7-10-13-16-28-37-49(55)52(4)46(43-31-22-19-23-32-43)40-59-62(58,60-41-47(44-33-24-20-25-34-44)53(5)50(56)38-29-17-14-11-8-2)61-42-48(45-35-26-21-27-36-45)54(6)51(57)39-30-18-15-12-9-3/h19-27,31-36,46-48H,7-18,28-30,37-42H2,1-6H3/t46-,47-,48-/m0/s1. The Morgan fingerprint density at radius 2 is 0.661 bits per heavy atom. The van der Waals surface area contributed by atoms with Gasteiger partial charge in [0.05, 0.1) is 37.9 Å². The summed E-state index contributed by atoms with van der Waals surface area (Å²) < 4.78 is 34.3. The first-order valence-corrected chi connectivity index (χ1v) is 25.0. The molecule has 0 saturated heterocycles. The number of nitrogens with zero attached hydrogens (tertiary/aromatic N) is 3. The third-order valence-corrected chi connectivity index (χ3v) is 13.2. The minimum Gasteiger partial charge on any atom is -0.336 e. The number of phosphoric ester groups is 1. The van der Waals surface area contributed by atoms with Gasteiger partial charge in [-0.1, -0.05) is 189 Å². The summed E-state index contributed by atoms with van der Waals surface area (Å²) in [6.45, 7) is 5.98. The van der Waals surface area contributed by atoms with Gasteiger partial charge in [-0.15, -0.1) is 0 Å². The second-order valence-corrected chi connectivity index (χ2v) is 18.3. The Kier molecular flexibility index (Phi) is 25.7. The Morgan fingerprint density at radius 1 is 0.419 bits per heavy atom. The highest BCUT2D eigenvalue weighted by molar-refractivity contribution is 7.48. The highest BCUT2D eigenvalue weighted by atomic mass is 31.2. The van der Waals surface area contributed by atoms with Crippen molar-refractivity contribution in [1.82, 2.24) is 14.7 Å². The second-order valence-electron chi connectivity index (χ2n) is 16.6. The van der Waals surface area contributed by atoms with Crippen LogP contribution in [0.4, 0.5) is 0 Å². The first kappa shape index (κ1) is 52.5. The Balaban J connectivity index is 1.95. The van der Waals surface area contributed by atoms with Crippen LogP contribution in [0.5, 0.6) is 0 Å². The molecule has 3 atom stereocenters. The lowest BCUT2D eigenvalue weighted by Crippen LogP contribution is -2.35. The van der Waals surface area contributed by atoms with E-state index in [1.807, 2.05) is 91.0 Å². The Labute approximate surface area is 374 Å². The van der Waals surface area contributed by atoms with Gasteiger partial charge in [0, 0.05) is 40.4 Å². The van der Waals surface area contributed by atoms with E-state index >= 15 is 4.57 Å². The zero-order chi connectivity index (χ0) is 45.0. The number of rotatable bonds is 33. The van der Waals surface area contributed by atoms with Gasteiger partial charge >= 0.3 is 7.82 Å². The Hall–Kier alpha value is -3.82. The topological polar surface area (TPSA) is 106 Å². The molecule has 0 aromatic heterocycles. The number of amides is 3. The van der Waals surface area contributed by atoms with Gasteiger partial charge in [0.2, 0.25) is 17.7 Å². The van der Waals surface area contributed by atoms with Crippen LogP contribution in [0.3, 0.4) is 0 Å². The molecule has 0 heterocycles. The van der Waals surface area contributed by atoms with Crippen molar-refractivity contribution in [3.63, 3.8) is 0 Å². The van der Waals surface area contributed by atoms with Crippen molar-refractivity contribution in [3.8, 4) is 0 Å². The zero-order valence-corrected chi connectivity index (χ0v) is 39.8. The van der Waals surface area contributed by atoms with Crippen LogP contribution in [-0.4, -0.2) is 73.4 Å². The van der Waals surface area contributed by atoms with Gasteiger partial charge in [-0.2, -0.15) is 0 Å². The number of benzene rings is 3. The lowest BCUT2D eigenvalue weighted by molar-refractivity contribution is -0.133. The first-order valence-electron chi connectivity index (χ1n) is 23.5. The second kappa shape index (κ2) is 30.3. The molecule has 62 heavy (non-hydrogen) atoms. The smallest absolute Gasteiger partial charge is 0.336 e.